The van der Waals surface area contributed by atoms with E-state index >= 15 is 0 Å². The molecule has 0 radical (unpaired) electrons. The van der Waals surface area contributed by atoms with Gasteiger partial charge in [0.1, 0.15) is 0 Å². The molecule has 0 spiro atoms. The molecule has 8 aliphatic rings. The van der Waals surface area contributed by atoms with E-state index in [9.17, 15) is 9.90 Å². The third-order valence-electron chi connectivity index (χ3n) is 11.0. The van der Waals surface area contributed by atoms with Crippen molar-refractivity contribution in [1.29, 1.82) is 0 Å². The number of hydrogen-bond donors (Lipinski definition) is 1. The van der Waals surface area contributed by atoms with Crippen LogP contribution < -0.4 is 0 Å². The van der Waals surface area contributed by atoms with Crippen molar-refractivity contribution >= 4 is 5.97 Å². The molecule has 9 rings (SSSR count). The molecule has 0 saturated heterocycles. The molecule has 154 valence electrons. The predicted octanol–water partition coefficient (Wildman–Crippen LogP) is 6.44. The van der Waals surface area contributed by atoms with Crippen LogP contribution in [0.15, 0.2) is 24.3 Å². The van der Waals surface area contributed by atoms with Gasteiger partial charge in [0.25, 0.3) is 0 Å². The minimum Gasteiger partial charge on any atom is -0.478 e. The van der Waals surface area contributed by atoms with Crippen LogP contribution >= 0.6 is 0 Å². The molecule has 2 heteroatoms. The molecular weight excluding hydrogens is 356 g/mol. The quantitative estimate of drug-likeness (QED) is 0.645. The number of carboxylic acid groups (broad SMARTS) is 1. The lowest BCUT2D eigenvalue weighted by Crippen LogP contribution is -2.63. The molecule has 1 N–H and O–H groups in total. The van der Waals surface area contributed by atoms with E-state index in [1.54, 1.807) is 0 Å². The smallest absolute Gasteiger partial charge is 0.335 e. The Balaban J connectivity index is 1.35. The zero-order valence-corrected chi connectivity index (χ0v) is 17.5. The Morgan fingerprint density at radius 1 is 0.724 bits per heavy atom. The molecule has 0 aromatic heterocycles. The number of rotatable bonds is 3. The van der Waals surface area contributed by atoms with Gasteiger partial charge < -0.3 is 5.11 Å². The van der Waals surface area contributed by atoms with E-state index in [0.717, 1.165) is 29.6 Å². The van der Waals surface area contributed by atoms with E-state index in [4.69, 9.17) is 0 Å². The summed E-state index contributed by atoms with van der Waals surface area (Å²) in [6, 6.07) is 8.07. The topological polar surface area (TPSA) is 37.3 Å². The summed E-state index contributed by atoms with van der Waals surface area (Å²) in [6.45, 7) is 0. The fourth-order valence-electron chi connectivity index (χ4n) is 11.1. The molecule has 2 unspecified atom stereocenters. The van der Waals surface area contributed by atoms with Gasteiger partial charge in [0.2, 0.25) is 0 Å². The lowest BCUT2D eigenvalue weighted by molar-refractivity contribution is -0.206. The van der Waals surface area contributed by atoms with Crippen molar-refractivity contribution in [2.24, 2.45) is 40.4 Å². The third-order valence-corrected chi connectivity index (χ3v) is 11.0. The summed E-state index contributed by atoms with van der Waals surface area (Å²) in [5, 5.41) is 9.96. The predicted molar refractivity (Wildman–Crippen MR) is 113 cm³/mol. The molecule has 0 amide bonds. The first kappa shape index (κ1) is 17.4. The Hall–Kier alpha value is -1.31. The van der Waals surface area contributed by atoms with Gasteiger partial charge in [-0.25, -0.2) is 4.79 Å². The average Bonchev–Trinajstić information content (AvgIpc) is 2.66. The second-order valence-corrected chi connectivity index (χ2v) is 12.6. The molecule has 1 aromatic rings. The molecule has 1 aromatic carbocycles. The maximum atomic E-state index is 12.1. The van der Waals surface area contributed by atoms with Crippen molar-refractivity contribution in [3.8, 4) is 0 Å². The van der Waals surface area contributed by atoms with Crippen molar-refractivity contribution in [1.82, 2.24) is 0 Å². The molecule has 29 heavy (non-hydrogen) atoms. The molecule has 8 saturated carbocycles. The maximum Gasteiger partial charge on any atom is 0.335 e. The van der Waals surface area contributed by atoms with Crippen LogP contribution in [0.4, 0.5) is 0 Å². The first-order chi connectivity index (χ1) is 14.0. The van der Waals surface area contributed by atoms with Crippen LogP contribution in [0.5, 0.6) is 0 Å². The number of carbonyl (C=O) groups is 1. The van der Waals surface area contributed by atoms with Gasteiger partial charge in [0.15, 0.2) is 0 Å². The molecule has 2 atom stereocenters. The first-order valence-electron chi connectivity index (χ1n) is 12.3. The van der Waals surface area contributed by atoms with Crippen molar-refractivity contribution in [2.45, 2.75) is 82.5 Å². The highest BCUT2D eigenvalue weighted by atomic mass is 16.4. The van der Waals surface area contributed by atoms with Crippen LogP contribution in [0, 0.1) is 40.4 Å². The highest BCUT2D eigenvalue weighted by Gasteiger charge is 2.68. The van der Waals surface area contributed by atoms with Gasteiger partial charge in [-0.2, -0.15) is 0 Å². The number of hydrogen-bond acceptors (Lipinski definition) is 1. The van der Waals surface area contributed by atoms with Crippen LogP contribution in [-0.4, -0.2) is 11.1 Å². The fourth-order valence-corrected chi connectivity index (χ4v) is 11.1. The summed E-state index contributed by atoms with van der Waals surface area (Å²) in [6.07, 6.45) is 17.2. The van der Waals surface area contributed by atoms with Gasteiger partial charge in [-0.05, 0) is 135 Å². The molecule has 8 fully saturated rings. The van der Waals surface area contributed by atoms with Crippen LogP contribution in [0.1, 0.15) is 93.0 Å². The first-order valence-corrected chi connectivity index (χ1v) is 12.3. The summed E-state index contributed by atoms with van der Waals surface area (Å²) in [5.74, 6) is 3.99. The molecule has 8 aliphatic carbocycles. The van der Waals surface area contributed by atoms with E-state index in [1.807, 2.05) is 12.1 Å². The molecule has 2 nitrogen and oxygen atoms in total. The molecule has 0 heterocycles. The van der Waals surface area contributed by atoms with Crippen LogP contribution in [0.2, 0.25) is 0 Å². The summed E-state index contributed by atoms with van der Waals surface area (Å²) in [7, 11) is 0. The minimum absolute atomic E-state index is 0.141. The molecular formula is C27H34O2. The van der Waals surface area contributed by atoms with Crippen molar-refractivity contribution in [3.05, 3.63) is 35.4 Å². The highest BCUT2D eigenvalue weighted by molar-refractivity contribution is 5.90. The lowest BCUT2D eigenvalue weighted by atomic mass is 9.32. The summed E-state index contributed by atoms with van der Waals surface area (Å²) in [5.41, 5.74) is 3.04. The van der Waals surface area contributed by atoms with Crippen molar-refractivity contribution in [3.63, 3.8) is 0 Å². The van der Waals surface area contributed by atoms with Crippen LogP contribution in [-0.2, 0) is 5.41 Å². The third kappa shape index (κ3) is 2.22. The van der Waals surface area contributed by atoms with E-state index in [2.05, 4.69) is 12.1 Å². The van der Waals surface area contributed by atoms with Crippen LogP contribution in [0.3, 0.4) is 0 Å². The van der Waals surface area contributed by atoms with Gasteiger partial charge in [-0.3, -0.25) is 0 Å². The number of benzene rings is 1. The Labute approximate surface area is 174 Å². The lowest BCUT2D eigenvalue weighted by Gasteiger charge is -2.72. The number of carboxylic acids is 1. The van der Waals surface area contributed by atoms with Crippen molar-refractivity contribution < 1.29 is 9.90 Å². The maximum absolute atomic E-state index is 12.1. The van der Waals surface area contributed by atoms with Crippen LogP contribution in [0.25, 0.3) is 0 Å². The standard InChI is InChI=1S/C27H34O2/c28-24(29)22-3-1-2-4-23(22)25-9-20-8-21(10-25)15-27(14-20,16-25)26-11-17-5-18(12-26)7-19(6-17)13-26/h1-4,17-21H,5-16H2,(H,28,29). The largest absolute Gasteiger partial charge is 0.478 e. The van der Waals surface area contributed by atoms with Gasteiger partial charge in [0, 0.05) is 0 Å². The van der Waals surface area contributed by atoms with E-state index in [-0.39, 0.29) is 5.41 Å². The van der Waals surface area contributed by atoms with Gasteiger partial charge in [-0.15, -0.1) is 0 Å². The monoisotopic (exact) mass is 390 g/mol. The highest BCUT2D eigenvalue weighted by Crippen LogP contribution is 2.77. The zero-order valence-electron chi connectivity index (χ0n) is 17.5. The van der Waals surface area contributed by atoms with E-state index in [0.29, 0.717) is 16.4 Å². The Morgan fingerprint density at radius 2 is 1.24 bits per heavy atom. The second-order valence-electron chi connectivity index (χ2n) is 12.6. The average molecular weight is 391 g/mol. The van der Waals surface area contributed by atoms with Gasteiger partial charge in [0.05, 0.1) is 5.56 Å². The molecule has 8 bridgehead atoms. The fraction of sp³-hybridized carbons (Fsp3) is 0.741. The minimum atomic E-state index is -0.722. The Morgan fingerprint density at radius 3 is 1.83 bits per heavy atom. The Kier molecular flexibility index (Phi) is 3.28. The normalized spacial score (nSPS) is 51.5. The van der Waals surface area contributed by atoms with Gasteiger partial charge >= 0.3 is 5.97 Å². The van der Waals surface area contributed by atoms with Gasteiger partial charge in [-0.1, -0.05) is 18.2 Å². The summed E-state index contributed by atoms with van der Waals surface area (Å²) < 4.78 is 0. The number of aromatic carboxylic acids is 1. The SMILES string of the molecule is O=C(O)c1ccccc1C12CC3CC(C1)CC(C14CC5CC(CC(C5)C1)C4)(C3)C2. The second kappa shape index (κ2) is 5.48. The Bertz CT molecular complexity index is 833. The zero-order chi connectivity index (χ0) is 19.4. The van der Waals surface area contributed by atoms with Crippen molar-refractivity contribution in [2.75, 3.05) is 0 Å². The summed E-state index contributed by atoms with van der Waals surface area (Å²) in [4.78, 5) is 12.1. The van der Waals surface area contributed by atoms with E-state index in [1.165, 1.54) is 82.6 Å². The summed E-state index contributed by atoms with van der Waals surface area (Å²) >= 11 is 0. The molecule has 0 aliphatic heterocycles. The van der Waals surface area contributed by atoms with E-state index < -0.39 is 5.97 Å².